The summed E-state index contributed by atoms with van der Waals surface area (Å²) >= 11 is 0. The maximum Gasteiger partial charge on any atom is 0.265 e. The number of anilines is 1. The maximum atomic E-state index is 12.3. The van der Waals surface area contributed by atoms with Gasteiger partial charge >= 0.3 is 0 Å². The number of nitrogens with one attached hydrogen (secondary N) is 1. The Labute approximate surface area is 132 Å². The van der Waals surface area contributed by atoms with Gasteiger partial charge in [0.05, 0.1) is 0 Å². The zero-order chi connectivity index (χ0) is 16.3. The van der Waals surface area contributed by atoms with Crippen LogP contribution in [0, 0.1) is 27.7 Å². The molecule has 1 amide bonds. The highest BCUT2D eigenvalue weighted by atomic mass is 16.5. The molecule has 0 aliphatic heterocycles. The van der Waals surface area contributed by atoms with Crippen LogP contribution in [0.15, 0.2) is 36.4 Å². The molecule has 0 aromatic heterocycles. The summed E-state index contributed by atoms with van der Waals surface area (Å²) in [4.78, 5) is 12.3. The molecular weight excluding hydrogens is 274 g/mol. The zero-order valence-corrected chi connectivity index (χ0v) is 13.9. The van der Waals surface area contributed by atoms with Crippen molar-refractivity contribution in [1.82, 2.24) is 0 Å². The van der Waals surface area contributed by atoms with Crippen molar-refractivity contribution in [1.29, 1.82) is 0 Å². The van der Waals surface area contributed by atoms with Gasteiger partial charge < -0.3 is 10.1 Å². The number of aryl methyl sites for hydroxylation is 3. The predicted molar refractivity (Wildman–Crippen MR) is 90.6 cm³/mol. The van der Waals surface area contributed by atoms with Gasteiger partial charge in [-0.3, -0.25) is 4.79 Å². The van der Waals surface area contributed by atoms with Crippen LogP contribution in [-0.4, -0.2) is 12.0 Å². The van der Waals surface area contributed by atoms with Gasteiger partial charge in [0.2, 0.25) is 0 Å². The molecule has 2 rings (SSSR count). The molecule has 3 nitrogen and oxygen atoms in total. The molecule has 0 aliphatic carbocycles. The molecule has 1 atom stereocenters. The van der Waals surface area contributed by atoms with E-state index < -0.39 is 6.10 Å². The van der Waals surface area contributed by atoms with Gasteiger partial charge in [0.1, 0.15) is 5.75 Å². The monoisotopic (exact) mass is 297 g/mol. The van der Waals surface area contributed by atoms with Gasteiger partial charge in [-0.15, -0.1) is 0 Å². The Morgan fingerprint density at radius 3 is 2.45 bits per heavy atom. The number of amides is 1. The maximum absolute atomic E-state index is 12.3. The summed E-state index contributed by atoms with van der Waals surface area (Å²) in [6, 6.07) is 11.8. The van der Waals surface area contributed by atoms with Gasteiger partial charge in [-0.25, -0.2) is 0 Å². The summed E-state index contributed by atoms with van der Waals surface area (Å²) in [5, 5.41) is 2.93. The third-order valence-electron chi connectivity index (χ3n) is 3.87. The molecular formula is C19H23NO2. The normalized spacial score (nSPS) is 11.9. The second-order valence-corrected chi connectivity index (χ2v) is 5.77. The fraction of sp³-hybridized carbons (Fsp3) is 0.316. The average molecular weight is 297 g/mol. The van der Waals surface area contributed by atoms with Crippen LogP contribution in [0.5, 0.6) is 5.75 Å². The third kappa shape index (κ3) is 3.67. The van der Waals surface area contributed by atoms with Crippen molar-refractivity contribution in [2.75, 3.05) is 5.32 Å². The van der Waals surface area contributed by atoms with E-state index in [1.165, 1.54) is 5.56 Å². The van der Waals surface area contributed by atoms with Crippen molar-refractivity contribution in [3.05, 3.63) is 58.7 Å². The molecule has 2 aromatic rings. The van der Waals surface area contributed by atoms with E-state index in [1.54, 1.807) is 6.92 Å². The molecule has 1 N–H and O–H groups in total. The molecule has 0 fully saturated rings. The highest BCUT2D eigenvalue weighted by Crippen LogP contribution is 2.22. The number of benzene rings is 2. The number of hydrogen-bond acceptors (Lipinski definition) is 2. The van der Waals surface area contributed by atoms with Crippen molar-refractivity contribution in [2.45, 2.75) is 40.7 Å². The van der Waals surface area contributed by atoms with E-state index in [2.05, 4.69) is 5.32 Å². The van der Waals surface area contributed by atoms with Crippen molar-refractivity contribution in [2.24, 2.45) is 0 Å². The van der Waals surface area contributed by atoms with Crippen LogP contribution >= 0.6 is 0 Å². The molecule has 116 valence electrons. The third-order valence-corrected chi connectivity index (χ3v) is 3.87. The minimum Gasteiger partial charge on any atom is -0.481 e. The molecule has 0 bridgehead atoms. The summed E-state index contributed by atoms with van der Waals surface area (Å²) < 4.78 is 5.81. The fourth-order valence-electron chi connectivity index (χ4n) is 2.28. The first-order valence-corrected chi connectivity index (χ1v) is 7.49. The standard InChI is InChI=1S/C19H23NO2/c1-12-9-10-17(14(3)11-12)20-19(21)16(5)22-18-8-6-7-13(2)15(18)4/h6-11,16H,1-5H3,(H,20,21)/t16-/m1/s1. The molecule has 0 saturated carbocycles. The first-order chi connectivity index (χ1) is 10.4. The molecule has 22 heavy (non-hydrogen) atoms. The van der Waals surface area contributed by atoms with Crippen LogP contribution in [0.25, 0.3) is 0 Å². The topological polar surface area (TPSA) is 38.3 Å². The second-order valence-electron chi connectivity index (χ2n) is 5.77. The van der Waals surface area contributed by atoms with Crippen molar-refractivity contribution < 1.29 is 9.53 Å². The molecule has 0 aliphatic rings. The lowest BCUT2D eigenvalue weighted by Crippen LogP contribution is -2.30. The molecule has 0 radical (unpaired) electrons. The van der Waals surface area contributed by atoms with Crippen LogP contribution in [0.3, 0.4) is 0 Å². The van der Waals surface area contributed by atoms with Gasteiger partial charge in [-0.2, -0.15) is 0 Å². The molecule has 0 heterocycles. The summed E-state index contributed by atoms with van der Waals surface area (Å²) in [6.07, 6.45) is -0.554. The highest BCUT2D eigenvalue weighted by molar-refractivity contribution is 5.94. The quantitative estimate of drug-likeness (QED) is 0.912. The Hall–Kier alpha value is -2.29. The van der Waals surface area contributed by atoms with E-state index >= 15 is 0 Å². The number of carbonyl (C=O) groups is 1. The van der Waals surface area contributed by atoms with Gasteiger partial charge in [-0.05, 0) is 63.4 Å². The number of hydrogen-bond donors (Lipinski definition) is 1. The van der Waals surface area contributed by atoms with Gasteiger partial charge in [0.15, 0.2) is 6.10 Å². The van der Waals surface area contributed by atoms with E-state index in [4.69, 9.17) is 4.74 Å². The minimum absolute atomic E-state index is 0.146. The van der Waals surface area contributed by atoms with Crippen molar-refractivity contribution in [3.8, 4) is 5.75 Å². The Balaban J connectivity index is 2.07. The SMILES string of the molecule is Cc1ccc(NC(=O)[C@@H](C)Oc2cccc(C)c2C)c(C)c1. The van der Waals surface area contributed by atoms with Crippen molar-refractivity contribution in [3.63, 3.8) is 0 Å². The second kappa shape index (κ2) is 6.65. The lowest BCUT2D eigenvalue weighted by Gasteiger charge is -2.18. The number of rotatable bonds is 4. The Morgan fingerprint density at radius 1 is 1.05 bits per heavy atom. The predicted octanol–water partition coefficient (Wildman–Crippen LogP) is 4.33. The first-order valence-electron chi connectivity index (χ1n) is 7.49. The van der Waals surface area contributed by atoms with Crippen LogP contribution < -0.4 is 10.1 Å². The van der Waals surface area contributed by atoms with Crippen LogP contribution in [0.2, 0.25) is 0 Å². The fourth-order valence-corrected chi connectivity index (χ4v) is 2.28. The van der Waals surface area contributed by atoms with Crippen LogP contribution in [-0.2, 0) is 4.79 Å². The van der Waals surface area contributed by atoms with E-state index in [-0.39, 0.29) is 5.91 Å². The van der Waals surface area contributed by atoms with Crippen LogP contribution in [0.1, 0.15) is 29.2 Å². The number of carbonyl (C=O) groups excluding carboxylic acids is 1. The first kappa shape index (κ1) is 16.1. The van der Waals surface area contributed by atoms with E-state index in [1.807, 2.05) is 64.1 Å². The molecule has 2 aromatic carbocycles. The lowest BCUT2D eigenvalue weighted by atomic mass is 10.1. The largest absolute Gasteiger partial charge is 0.481 e. The van der Waals surface area contributed by atoms with E-state index in [0.717, 1.165) is 28.1 Å². The average Bonchev–Trinajstić information content (AvgIpc) is 2.46. The Morgan fingerprint density at radius 2 is 1.77 bits per heavy atom. The van der Waals surface area contributed by atoms with E-state index in [0.29, 0.717) is 0 Å². The molecule has 3 heteroatoms. The van der Waals surface area contributed by atoms with E-state index in [9.17, 15) is 4.79 Å². The lowest BCUT2D eigenvalue weighted by molar-refractivity contribution is -0.122. The summed E-state index contributed by atoms with van der Waals surface area (Å²) in [7, 11) is 0. The van der Waals surface area contributed by atoms with Gasteiger partial charge in [-0.1, -0.05) is 29.8 Å². The Kier molecular flexibility index (Phi) is 4.86. The van der Waals surface area contributed by atoms with Crippen LogP contribution in [0.4, 0.5) is 5.69 Å². The molecule has 0 saturated heterocycles. The van der Waals surface area contributed by atoms with Crippen molar-refractivity contribution >= 4 is 11.6 Å². The Bertz CT molecular complexity index is 692. The molecule has 0 unspecified atom stereocenters. The summed E-state index contributed by atoms with van der Waals surface area (Å²) in [6.45, 7) is 9.81. The number of ether oxygens (including phenoxy) is 1. The van der Waals surface area contributed by atoms with Gasteiger partial charge in [0.25, 0.3) is 5.91 Å². The highest BCUT2D eigenvalue weighted by Gasteiger charge is 2.16. The summed E-state index contributed by atoms with van der Waals surface area (Å²) in [5.74, 6) is 0.608. The van der Waals surface area contributed by atoms with Gasteiger partial charge in [0, 0.05) is 5.69 Å². The zero-order valence-electron chi connectivity index (χ0n) is 13.9. The summed E-state index contributed by atoms with van der Waals surface area (Å²) in [5.41, 5.74) is 5.27. The smallest absolute Gasteiger partial charge is 0.265 e. The minimum atomic E-state index is -0.554. The molecule has 0 spiro atoms.